The molecule has 2 saturated heterocycles. The number of fused-ring (bicyclic) bond motifs is 1. The van der Waals surface area contributed by atoms with Gasteiger partial charge in [0.25, 0.3) is 0 Å². The molecule has 37 heavy (non-hydrogen) atoms. The molecule has 0 bridgehead atoms. The molecule has 0 amide bonds. The smallest absolute Gasteiger partial charge is 0.384 e. The molecule has 200 valence electrons. The highest BCUT2D eigenvalue weighted by molar-refractivity contribution is 7.90. The molecule has 0 radical (unpaired) electrons. The van der Waals surface area contributed by atoms with Gasteiger partial charge in [0.2, 0.25) is 0 Å². The van der Waals surface area contributed by atoms with Crippen LogP contribution in [-0.4, -0.2) is 52.8 Å². The number of alkyl halides is 3. The van der Waals surface area contributed by atoms with E-state index in [1.165, 1.54) is 0 Å². The fourth-order valence-corrected chi connectivity index (χ4v) is 6.25. The molecule has 3 aromatic rings. The number of piperidine rings is 1. The first-order valence-corrected chi connectivity index (χ1v) is 14.0. The van der Waals surface area contributed by atoms with E-state index in [-0.39, 0.29) is 38.1 Å². The quantitative estimate of drug-likeness (QED) is 0.448. The Bertz CT molecular complexity index is 1360. The maximum absolute atomic E-state index is 13.0. The van der Waals surface area contributed by atoms with Gasteiger partial charge in [-0.1, -0.05) is 29.8 Å². The molecule has 1 aromatic heterocycles. The van der Waals surface area contributed by atoms with Gasteiger partial charge in [-0.05, 0) is 67.5 Å². The summed E-state index contributed by atoms with van der Waals surface area (Å²) in [4.78, 5) is 0. The largest absolute Gasteiger partial charge is 0.511 e. The Kier molecular flexibility index (Phi) is 7.27. The Hall–Kier alpha value is -2.18. The van der Waals surface area contributed by atoms with Crippen LogP contribution < -0.4 is 0 Å². The molecule has 2 atom stereocenters. The van der Waals surface area contributed by atoms with Crippen LogP contribution >= 0.6 is 11.6 Å². The molecule has 3 heterocycles. The molecule has 12 heteroatoms. The van der Waals surface area contributed by atoms with Gasteiger partial charge in [0.1, 0.15) is 6.10 Å². The zero-order valence-electron chi connectivity index (χ0n) is 19.9. The number of ether oxygens (including phenoxy) is 1. The summed E-state index contributed by atoms with van der Waals surface area (Å²) in [6.07, 6.45) is 1.97. The number of hydrogen-bond donors (Lipinski definition) is 1. The summed E-state index contributed by atoms with van der Waals surface area (Å²) < 4.78 is 71.2. The lowest BCUT2D eigenvalue weighted by molar-refractivity contribution is -0.0495. The molecular formula is C25H27ClF3N3O4S. The molecular weight excluding hydrogens is 531 g/mol. The minimum absolute atomic E-state index is 0.205. The first-order chi connectivity index (χ1) is 17.6. The van der Waals surface area contributed by atoms with Crippen LogP contribution in [0.5, 0.6) is 0 Å². The van der Waals surface area contributed by atoms with E-state index in [1.54, 1.807) is 24.3 Å². The lowest BCUT2D eigenvalue weighted by Crippen LogP contribution is -2.44. The van der Waals surface area contributed by atoms with Crippen LogP contribution in [0, 0.1) is 0 Å². The predicted octanol–water partition coefficient (Wildman–Crippen LogP) is 5.50. The molecule has 2 aliphatic heterocycles. The molecule has 0 spiro atoms. The second-order valence-corrected chi connectivity index (χ2v) is 11.9. The summed E-state index contributed by atoms with van der Waals surface area (Å²) in [5, 5.41) is 17.2. The number of aliphatic hydroxyl groups excluding tert-OH is 1. The molecule has 2 aliphatic rings. The highest BCUT2D eigenvalue weighted by Crippen LogP contribution is 2.39. The molecule has 7 nitrogen and oxygen atoms in total. The highest BCUT2D eigenvalue weighted by atomic mass is 35.5. The van der Waals surface area contributed by atoms with Crippen LogP contribution in [0.2, 0.25) is 5.02 Å². The average Bonchev–Trinajstić information content (AvgIpc) is 3.27. The fraction of sp³-hybridized carbons (Fsp3) is 0.480. The molecule has 0 aliphatic carbocycles. The second-order valence-electron chi connectivity index (χ2n) is 9.51. The van der Waals surface area contributed by atoms with Crippen molar-refractivity contribution in [2.75, 3.05) is 19.7 Å². The normalized spacial score (nSPS) is 21.4. The summed E-state index contributed by atoms with van der Waals surface area (Å²) in [6.45, 7) is 0.129. The Morgan fingerprint density at radius 1 is 1.03 bits per heavy atom. The van der Waals surface area contributed by atoms with E-state index in [4.69, 9.17) is 21.4 Å². The molecule has 0 saturated carbocycles. The summed E-state index contributed by atoms with van der Waals surface area (Å²) in [5.74, 6) is -0.241. The van der Waals surface area contributed by atoms with E-state index in [1.807, 2.05) is 22.9 Å². The maximum atomic E-state index is 13.0. The molecule has 1 N–H and O–H groups in total. The number of sulfonamides is 1. The first kappa shape index (κ1) is 26.4. The van der Waals surface area contributed by atoms with Crippen molar-refractivity contribution in [3.05, 3.63) is 64.3 Å². The van der Waals surface area contributed by atoms with Crippen LogP contribution in [0.3, 0.4) is 0 Å². The zero-order valence-corrected chi connectivity index (χ0v) is 21.4. The molecule has 5 rings (SSSR count). The van der Waals surface area contributed by atoms with E-state index in [0.29, 0.717) is 32.8 Å². The minimum Gasteiger partial charge on any atom is -0.384 e. The minimum atomic E-state index is -5.37. The number of rotatable bonds is 5. The van der Waals surface area contributed by atoms with Crippen molar-refractivity contribution in [2.45, 2.75) is 55.9 Å². The van der Waals surface area contributed by atoms with Gasteiger partial charge < -0.3 is 9.84 Å². The lowest BCUT2D eigenvalue weighted by Gasteiger charge is -2.31. The topological polar surface area (TPSA) is 84.7 Å². The number of nitrogens with zero attached hydrogens (tertiary/aromatic N) is 3. The van der Waals surface area contributed by atoms with Gasteiger partial charge >= 0.3 is 15.5 Å². The van der Waals surface area contributed by atoms with Crippen molar-refractivity contribution in [3.63, 3.8) is 0 Å². The van der Waals surface area contributed by atoms with E-state index in [0.717, 1.165) is 30.2 Å². The SMILES string of the molecule is O=S(=O)(N1CCC(c2nn(C3CCCCO3)c3ccc(C(O)c4ccc(Cl)cc4)cc23)CC1)C(F)(F)F. The van der Waals surface area contributed by atoms with Gasteiger partial charge in [-0.3, -0.25) is 0 Å². The number of halogens is 4. The van der Waals surface area contributed by atoms with E-state index in [9.17, 15) is 26.7 Å². The fourth-order valence-electron chi connectivity index (χ4n) is 5.14. The van der Waals surface area contributed by atoms with Crippen LogP contribution in [0.25, 0.3) is 10.9 Å². The number of aromatic nitrogens is 2. The molecule has 2 unspecified atom stereocenters. The van der Waals surface area contributed by atoms with Crippen LogP contribution in [-0.2, 0) is 14.8 Å². The summed E-state index contributed by atoms with van der Waals surface area (Å²) in [6, 6.07) is 12.4. The zero-order chi connectivity index (χ0) is 26.4. The van der Waals surface area contributed by atoms with Gasteiger partial charge in [-0.25, -0.2) is 13.1 Å². The standard InChI is InChI=1S/C25H27ClF3N3O4S/c26-19-7-4-17(5-8-19)24(33)18-6-9-21-20(15-18)23(30-32(21)22-3-1-2-14-36-22)16-10-12-31(13-11-16)37(34,35)25(27,28)29/h4-9,15-16,22,24,33H,1-3,10-14H2. The summed E-state index contributed by atoms with van der Waals surface area (Å²) in [7, 11) is -5.37. The third-order valence-electron chi connectivity index (χ3n) is 7.16. The van der Waals surface area contributed by atoms with E-state index < -0.39 is 21.6 Å². The molecule has 2 fully saturated rings. The van der Waals surface area contributed by atoms with Gasteiger partial charge in [0, 0.05) is 36.0 Å². The summed E-state index contributed by atoms with van der Waals surface area (Å²) in [5.41, 5.74) is -2.53. The van der Waals surface area contributed by atoms with Crippen molar-refractivity contribution >= 4 is 32.5 Å². The Morgan fingerprint density at radius 3 is 2.32 bits per heavy atom. The van der Waals surface area contributed by atoms with Gasteiger partial charge in [0.15, 0.2) is 6.23 Å². The van der Waals surface area contributed by atoms with E-state index in [2.05, 4.69) is 0 Å². The van der Waals surface area contributed by atoms with Gasteiger partial charge in [-0.2, -0.15) is 22.6 Å². The van der Waals surface area contributed by atoms with Gasteiger partial charge in [0.05, 0.1) is 11.2 Å². The second kappa shape index (κ2) is 10.2. The lowest BCUT2D eigenvalue weighted by atomic mass is 9.91. The first-order valence-electron chi connectivity index (χ1n) is 12.2. The van der Waals surface area contributed by atoms with Gasteiger partial charge in [-0.15, -0.1) is 0 Å². The van der Waals surface area contributed by atoms with Crippen molar-refractivity contribution in [1.82, 2.24) is 14.1 Å². The monoisotopic (exact) mass is 557 g/mol. The third-order valence-corrected chi connectivity index (χ3v) is 9.04. The Balaban J connectivity index is 1.49. The Morgan fingerprint density at radius 2 is 1.70 bits per heavy atom. The predicted molar refractivity (Wildman–Crippen MR) is 133 cm³/mol. The van der Waals surface area contributed by atoms with Crippen molar-refractivity contribution in [1.29, 1.82) is 0 Å². The highest BCUT2D eigenvalue weighted by Gasteiger charge is 2.50. The average molecular weight is 558 g/mol. The number of hydrogen-bond acceptors (Lipinski definition) is 5. The van der Waals surface area contributed by atoms with Crippen molar-refractivity contribution < 1.29 is 31.4 Å². The van der Waals surface area contributed by atoms with Crippen molar-refractivity contribution in [3.8, 4) is 0 Å². The van der Waals surface area contributed by atoms with Crippen LogP contribution in [0.1, 0.15) is 67.2 Å². The van der Waals surface area contributed by atoms with Crippen LogP contribution in [0.4, 0.5) is 13.2 Å². The number of aliphatic hydroxyl groups is 1. The third kappa shape index (κ3) is 5.12. The van der Waals surface area contributed by atoms with Crippen LogP contribution in [0.15, 0.2) is 42.5 Å². The van der Waals surface area contributed by atoms with Crippen molar-refractivity contribution in [2.24, 2.45) is 0 Å². The maximum Gasteiger partial charge on any atom is 0.511 e. The summed E-state index contributed by atoms with van der Waals surface area (Å²) >= 11 is 5.98. The Labute approximate surface area is 217 Å². The van der Waals surface area contributed by atoms with E-state index >= 15 is 0 Å². The molecule has 2 aromatic carbocycles. The number of benzene rings is 2.